The Morgan fingerprint density at radius 3 is 2.43 bits per heavy atom. The number of hydrogen-bond acceptors (Lipinski definition) is 3. The standard InChI is InChI=1S/C18H23FN4/c19-15-5-7-16(8-6-15)23-18(14-3-1-2-4-14)17(13-21-23)22-11-9-20-10-12-22/h5-8,13-14,20H,1-4,9-12H2. The highest BCUT2D eigenvalue weighted by atomic mass is 19.1. The predicted octanol–water partition coefficient (Wildman–Crippen LogP) is 3.08. The highest BCUT2D eigenvalue weighted by Crippen LogP contribution is 2.40. The van der Waals surface area contributed by atoms with E-state index in [9.17, 15) is 4.39 Å². The van der Waals surface area contributed by atoms with Crippen molar-refractivity contribution in [2.24, 2.45) is 0 Å². The molecule has 1 N–H and O–H groups in total. The molecule has 0 bridgehead atoms. The Morgan fingerprint density at radius 1 is 1.04 bits per heavy atom. The van der Waals surface area contributed by atoms with Crippen molar-refractivity contribution < 1.29 is 4.39 Å². The maximum absolute atomic E-state index is 13.3. The second-order valence-corrected chi connectivity index (χ2v) is 6.52. The molecule has 122 valence electrons. The number of nitrogens with one attached hydrogen (secondary N) is 1. The van der Waals surface area contributed by atoms with Crippen molar-refractivity contribution in [1.82, 2.24) is 15.1 Å². The molecule has 0 amide bonds. The lowest BCUT2D eigenvalue weighted by Crippen LogP contribution is -2.43. The molecular weight excluding hydrogens is 291 g/mol. The van der Waals surface area contributed by atoms with Gasteiger partial charge in [0.2, 0.25) is 0 Å². The van der Waals surface area contributed by atoms with Crippen molar-refractivity contribution in [1.29, 1.82) is 0 Å². The fraction of sp³-hybridized carbons (Fsp3) is 0.500. The molecule has 2 heterocycles. The summed E-state index contributed by atoms with van der Waals surface area (Å²) < 4.78 is 15.3. The average molecular weight is 314 g/mol. The smallest absolute Gasteiger partial charge is 0.123 e. The van der Waals surface area contributed by atoms with E-state index in [-0.39, 0.29) is 5.82 Å². The highest BCUT2D eigenvalue weighted by Gasteiger charge is 2.28. The first kappa shape index (κ1) is 14.7. The molecule has 1 saturated carbocycles. The molecule has 1 aromatic carbocycles. The summed E-state index contributed by atoms with van der Waals surface area (Å²) in [5.74, 6) is 0.359. The van der Waals surface area contributed by atoms with Crippen LogP contribution in [-0.2, 0) is 0 Å². The number of benzene rings is 1. The van der Waals surface area contributed by atoms with E-state index in [4.69, 9.17) is 0 Å². The van der Waals surface area contributed by atoms with Crippen LogP contribution in [0.4, 0.5) is 10.1 Å². The van der Waals surface area contributed by atoms with Crippen LogP contribution in [0.5, 0.6) is 0 Å². The Kier molecular flexibility index (Phi) is 4.04. The van der Waals surface area contributed by atoms with Crippen LogP contribution >= 0.6 is 0 Å². The third-order valence-electron chi connectivity index (χ3n) is 5.06. The number of anilines is 1. The SMILES string of the molecule is Fc1ccc(-n2ncc(N3CCNCC3)c2C2CCCC2)cc1. The molecule has 2 aliphatic rings. The van der Waals surface area contributed by atoms with Gasteiger partial charge in [0, 0.05) is 32.1 Å². The van der Waals surface area contributed by atoms with Crippen molar-refractivity contribution in [2.45, 2.75) is 31.6 Å². The van der Waals surface area contributed by atoms with Gasteiger partial charge in [-0.2, -0.15) is 5.10 Å². The van der Waals surface area contributed by atoms with Crippen LogP contribution < -0.4 is 10.2 Å². The predicted molar refractivity (Wildman–Crippen MR) is 89.8 cm³/mol. The number of halogens is 1. The van der Waals surface area contributed by atoms with Crippen LogP contribution in [0.3, 0.4) is 0 Å². The first-order valence-corrected chi connectivity index (χ1v) is 8.62. The fourth-order valence-corrected chi connectivity index (χ4v) is 3.87. The van der Waals surface area contributed by atoms with Gasteiger partial charge in [-0.05, 0) is 37.1 Å². The highest BCUT2D eigenvalue weighted by molar-refractivity contribution is 5.54. The van der Waals surface area contributed by atoms with Crippen molar-refractivity contribution in [3.8, 4) is 5.69 Å². The first-order valence-electron chi connectivity index (χ1n) is 8.62. The molecule has 4 rings (SSSR count). The van der Waals surface area contributed by atoms with Crippen LogP contribution in [0.15, 0.2) is 30.5 Å². The molecule has 1 aromatic heterocycles. The summed E-state index contributed by atoms with van der Waals surface area (Å²) in [6.07, 6.45) is 7.04. The van der Waals surface area contributed by atoms with Crippen molar-refractivity contribution >= 4 is 5.69 Å². The minimum absolute atomic E-state index is 0.203. The Morgan fingerprint density at radius 2 is 1.74 bits per heavy atom. The van der Waals surface area contributed by atoms with E-state index < -0.39 is 0 Å². The van der Waals surface area contributed by atoms with E-state index in [1.54, 1.807) is 0 Å². The molecule has 1 aliphatic carbocycles. The molecule has 23 heavy (non-hydrogen) atoms. The van der Waals surface area contributed by atoms with Crippen LogP contribution in [0.1, 0.15) is 37.3 Å². The van der Waals surface area contributed by atoms with Crippen molar-refractivity contribution in [3.05, 3.63) is 42.0 Å². The zero-order valence-corrected chi connectivity index (χ0v) is 13.3. The Hall–Kier alpha value is -1.88. The molecule has 4 nitrogen and oxygen atoms in total. The van der Waals surface area contributed by atoms with Gasteiger partial charge in [-0.1, -0.05) is 12.8 Å². The average Bonchev–Trinajstić information content (AvgIpc) is 3.25. The Bertz CT molecular complexity index is 652. The molecule has 1 aliphatic heterocycles. The van der Waals surface area contributed by atoms with Gasteiger partial charge in [0.25, 0.3) is 0 Å². The van der Waals surface area contributed by atoms with Gasteiger partial charge < -0.3 is 10.2 Å². The third-order valence-corrected chi connectivity index (χ3v) is 5.06. The molecule has 2 aromatic rings. The quantitative estimate of drug-likeness (QED) is 0.945. The normalized spacial score (nSPS) is 19.4. The lowest BCUT2D eigenvalue weighted by atomic mass is 10.0. The van der Waals surface area contributed by atoms with Gasteiger partial charge in [-0.15, -0.1) is 0 Å². The molecular formula is C18H23FN4. The Labute approximate surface area is 136 Å². The third kappa shape index (κ3) is 2.85. The topological polar surface area (TPSA) is 33.1 Å². The number of aromatic nitrogens is 2. The summed E-state index contributed by atoms with van der Waals surface area (Å²) in [6, 6.07) is 6.67. The minimum Gasteiger partial charge on any atom is -0.366 e. The monoisotopic (exact) mass is 314 g/mol. The van der Waals surface area contributed by atoms with Crippen LogP contribution in [0.25, 0.3) is 5.69 Å². The summed E-state index contributed by atoms with van der Waals surface area (Å²) in [5.41, 5.74) is 3.54. The lowest BCUT2D eigenvalue weighted by molar-refractivity contribution is 0.581. The van der Waals surface area contributed by atoms with Crippen LogP contribution in [0, 0.1) is 5.82 Å². The van der Waals surface area contributed by atoms with E-state index in [0.717, 1.165) is 31.9 Å². The van der Waals surface area contributed by atoms with Gasteiger partial charge >= 0.3 is 0 Å². The molecule has 2 fully saturated rings. The second-order valence-electron chi connectivity index (χ2n) is 6.52. The summed E-state index contributed by atoms with van der Waals surface area (Å²) in [6.45, 7) is 4.08. The summed E-state index contributed by atoms with van der Waals surface area (Å²) in [5, 5.41) is 8.08. The van der Waals surface area contributed by atoms with Crippen molar-refractivity contribution in [2.75, 3.05) is 31.1 Å². The largest absolute Gasteiger partial charge is 0.366 e. The minimum atomic E-state index is -0.203. The van der Waals surface area contributed by atoms with Gasteiger partial charge in [0.05, 0.1) is 23.3 Å². The number of piperazine rings is 1. The van der Waals surface area contributed by atoms with E-state index >= 15 is 0 Å². The fourth-order valence-electron chi connectivity index (χ4n) is 3.87. The van der Waals surface area contributed by atoms with Crippen molar-refractivity contribution in [3.63, 3.8) is 0 Å². The summed E-state index contributed by atoms with van der Waals surface area (Å²) in [4.78, 5) is 2.44. The van der Waals surface area contributed by atoms with Gasteiger partial charge in [-0.25, -0.2) is 9.07 Å². The number of rotatable bonds is 3. The Balaban J connectivity index is 1.75. The number of nitrogens with zero attached hydrogens (tertiary/aromatic N) is 3. The molecule has 0 spiro atoms. The number of hydrogen-bond donors (Lipinski definition) is 1. The molecule has 5 heteroatoms. The first-order chi connectivity index (χ1) is 11.3. The van der Waals surface area contributed by atoms with E-state index in [1.807, 2.05) is 23.0 Å². The molecule has 0 unspecified atom stereocenters. The van der Waals surface area contributed by atoms with Gasteiger partial charge in [0.15, 0.2) is 0 Å². The molecule has 1 saturated heterocycles. The van der Waals surface area contributed by atoms with Gasteiger partial charge in [0.1, 0.15) is 5.82 Å². The van der Waals surface area contributed by atoms with E-state index in [2.05, 4.69) is 15.3 Å². The zero-order valence-electron chi connectivity index (χ0n) is 13.3. The van der Waals surface area contributed by atoms with Crippen LogP contribution in [0.2, 0.25) is 0 Å². The maximum Gasteiger partial charge on any atom is 0.123 e. The molecule has 0 radical (unpaired) electrons. The van der Waals surface area contributed by atoms with Gasteiger partial charge in [-0.3, -0.25) is 0 Å². The summed E-state index contributed by atoms with van der Waals surface area (Å²) >= 11 is 0. The second kappa shape index (κ2) is 6.32. The zero-order chi connectivity index (χ0) is 15.6. The van der Waals surface area contributed by atoms with E-state index in [0.29, 0.717) is 5.92 Å². The van der Waals surface area contributed by atoms with Crippen LogP contribution in [-0.4, -0.2) is 36.0 Å². The molecule has 0 atom stereocenters. The maximum atomic E-state index is 13.3. The lowest BCUT2D eigenvalue weighted by Gasteiger charge is -2.30. The van der Waals surface area contributed by atoms with E-state index in [1.165, 1.54) is 49.2 Å². The summed E-state index contributed by atoms with van der Waals surface area (Å²) in [7, 11) is 0.